The van der Waals surface area contributed by atoms with E-state index in [0.29, 0.717) is 31.2 Å². The quantitative estimate of drug-likeness (QED) is 0.593. The molecule has 0 radical (unpaired) electrons. The van der Waals surface area contributed by atoms with Crippen LogP contribution in [-0.2, 0) is 14.3 Å². The van der Waals surface area contributed by atoms with Crippen LogP contribution in [0.2, 0.25) is 0 Å². The summed E-state index contributed by atoms with van der Waals surface area (Å²) < 4.78 is 10.3. The summed E-state index contributed by atoms with van der Waals surface area (Å²) >= 11 is 0. The van der Waals surface area contributed by atoms with Gasteiger partial charge in [-0.3, -0.25) is 0 Å². The minimum atomic E-state index is -0.464. The van der Waals surface area contributed by atoms with Gasteiger partial charge < -0.3 is 14.4 Å². The van der Waals surface area contributed by atoms with Gasteiger partial charge in [0.15, 0.2) is 0 Å². The van der Waals surface area contributed by atoms with Crippen LogP contribution in [0.25, 0.3) is 0 Å². The van der Waals surface area contributed by atoms with Gasteiger partial charge in [0.1, 0.15) is 5.60 Å². The number of hydrogen-bond acceptors (Lipinski definition) is 4. The normalized spacial score (nSPS) is 17.6. The molecule has 5 nitrogen and oxygen atoms in total. The molecule has 1 rings (SSSR count). The predicted octanol–water partition coefficient (Wildman–Crippen LogP) is 3.14. The van der Waals surface area contributed by atoms with Gasteiger partial charge in [0.25, 0.3) is 0 Å². The lowest BCUT2D eigenvalue weighted by molar-refractivity contribution is -0.138. The molecule has 0 N–H and O–H groups in total. The number of nitrogens with zero attached hydrogens (tertiary/aromatic N) is 1. The maximum absolute atomic E-state index is 12.0. The largest absolute Gasteiger partial charge is 0.463 e. The number of piperidine rings is 1. The Hall–Kier alpha value is -1.52. The van der Waals surface area contributed by atoms with Crippen LogP contribution in [0.4, 0.5) is 4.79 Å². The highest BCUT2D eigenvalue weighted by atomic mass is 16.6. The number of rotatable bonds is 3. The molecule has 5 heteroatoms. The van der Waals surface area contributed by atoms with E-state index in [-0.39, 0.29) is 12.1 Å². The second-order valence-electron chi connectivity index (χ2n) is 6.37. The molecule has 21 heavy (non-hydrogen) atoms. The summed E-state index contributed by atoms with van der Waals surface area (Å²) in [7, 11) is 0. The first-order chi connectivity index (χ1) is 9.73. The third-order valence-corrected chi connectivity index (χ3v) is 3.27. The molecule has 0 aliphatic carbocycles. The van der Waals surface area contributed by atoms with E-state index in [1.165, 1.54) is 0 Å². The minimum Gasteiger partial charge on any atom is -0.463 e. The van der Waals surface area contributed by atoms with Crippen molar-refractivity contribution < 1.29 is 19.1 Å². The molecule has 120 valence electrons. The Bertz CT molecular complexity index is 401. The smallest absolute Gasteiger partial charge is 0.410 e. The van der Waals surface area contributed by atoms with E-state index in [1.807, 2.05) is 26.8 Å². The lowest BCUT2D eigenvalue weighted by atomic mass is 9.95. The summed E-state index contributed by atoms with van der Waals surface area (Å²) in [5.41, 5.74) is 0.182. The van der Waals surface area contributed by atoms with Crippen molar-refractivity contribution in [1.29, 1.82) is 0 Å². The lowest BCUT2D eigenvalue weighted by Crippen LogP contribution is -2.41. The van der Waals surface area contributed by atoms with Gasteiger partial charge in [0.05, 0.1) is 6.61 Å². The highest BCUT2D eigenvalue weighted by Crippen LogP contribution is 2.22. The molecule has 1 amide bonds. The van der Waals surface area contributed by atoms with Gasteiger partial charge in [0.2, 0.25) is 0 Å². The van der Waals surface area contributed by atoms with Crippen molar-refractivity contribution in [3.05, 3.63) is 11.6 Å². The number of likely N-dealkylation sites (tertiary alicyclic amines) is 1. The standard InChI is InChI=1S/C16H27NO4/c1-6-20-14(18)12(2)11-13-7-9-17(10-8-13)15(19)21-16(3,4)5/h11,13H,6-10H2,1-5H3/b12-11-. The summed E-state index contributed by atoms with van der Waals surface area (Å²) in [6.45, 7) is 10.9. The van der Waals surface area contributed by atoms with Crippen molar-refractivity contribution in [3.63, 3.8) is 0 Å². The van der Waals surface area contributed by atoms with Crippen LogP contribution in [0.5, 0.6) is 0 Å². The predicted molar refractivity (Wildman–Crippen MR) is 80.9 cm³/mol. The zero-order valence-corrected chi connectivity index (χ0v) is 13.8. The molecule has 1 heterocycles. The van der Waals surface area contributed by atoms with E-state index in [4.69, 9.17) is 9.47 Å². The Kier molecular flexibility index (Phi) is 6.24. The zero-order valence-electron chi connectivity index (χ0n) is 13.8. The molecule has 1 fully saturated rings. The molecule has 1 saturated heterocycles. The van der Waals surface area contributed by atoms with E-state index in [1.54, 1.807) is 18.7 Å². The SMILES string of the molecule is CCOC(=O)/C(C)=C\C1CCN(C(=O)OC(C)(C)C)CC1. The number of carbonyl (C=O) groups is 2. The molecule has 1 aliphatic heterocycles. The molecular formula is C16H27NO4. The Labute approximate surface area is 127 Å². The lowest BCUT2D eigenvalue weighted by Gasteiger charge is -2.32. The number of esters is 1. The average Bonchev–Trinajstić information content (AvgIpc) is 2.37. The Morgan fingerprint density at radius 3 is 2.29 bits per heavy atom. The van der Waals surface area contributed by atoms with Crippen LogP contribution in [-0.4, -0.2) is 42.3 Å². The first-order valence-electron chi connectivity index (χ1n) is 7.56. The molecule has 0 aromatic rings. The van der Waals surface area contributed by atoms with Gasteiger partial charge in [-0.2, -0.15) is 0 Å². The van der Waals surface area contributed by atoms with Crippen molar-refractivity contribution in [2.75, 3.05) is 19.7 Å². The molecule has 0 saturated carbocycles. The van der Waals surface area contributed by atoms with Crippen LogP contribution in [0.1, 0.15) is 47.5 Å². The molecular weight excluding hydrogens is 270 g/mol. The van der Waals surface area contributed by atoms with E-state index in [2.05, 4.69) is 0 Å². The third kappa shape index (κ3) is 6.19. The van der Waals surface area contributed by atoms with E-state index in [0.717, 1.165) is 12.8 Å². The highest BCUT2D eigenvalue weighted by Gasteiger charge is 2.26. The summed E-state index contributed by atoms with van der Waals surface area (Å²) in [5, 5.41) is 0. The Balaban J connectivity index is 2.47. The maximum Gasteiger partial charge on any atom is 0.410 e. The fraction of sp³-hybridized carbons (Fsp3) is 0.750. The zero-order chi connectivity index (χ0) is 16.0. The van der Waals surface area contributed by atoms with Crippen LogP contribution < -0.4 is 0 Å². The van der Waals surface area contributed by atoms with E-state index >= 15 is 0 Å². The van der Waals surface area contributed by atoms with Gasteiger partial charge in [-0.25, -0.2) is 9.59 Å². The average molecular weight is 297 g/mol. The second-order valence-corrected chi connectivity index (χ2v) is 6.37. The molecule has 0 bridgehead atoms. The van der Waals surface area contributed by atoms with Gasteiger partial charge >= 0.3 is 12.1 Å². The first-order valence-corrected chi connectivity index (χ1v) is 7.56. The highest BCUT2D eigenvalue weighted by molar-refractivity contribution is 5.87. The first kappa shape index (κ1) is 17.5. The molecule has 0 spiro atoms. The van der Waals surface area contributed by atoms with E-state index in [9.17, 15) is 9.59 Å². The van der Waals surface area contributed by atoms with Crippen LogP contribution in [0, 0.1) is 5.92 Å². The minimum absolute atomic E-state index is 0.257. The molecule has 0 atom stereocenters. The molecule has 1 aliphatic rings. The Morgan fingerprint density at radius 2 is 1.81 bits per heavy atom. The summed E-state index contributed by atoms with van der Waals surface area (Å²) in [4.78, 5) is 25.3. The monoisotopic (exact) mass is 297 g/mol. The summed E-state index contributed by atoms with van der Waals surface area (Å²) in [6, 6.07) is 0. The van der Waals surface area contributed by atoms with Gasteiger partial charge in [0, 0.05) is 18.7 Å². The second kappa shape index (κ2) is 7.48. The van der Waals surface area contributed by atoms with Crippen molar-refractivity contribution in [2.24, 2.45) is 5.92 Å². The number of ether oxygens (including phenoxy) is 2. The molecule has 0 unspecified atom stereocenters. The van der Waals surface area contributed by atoms with Gasteiger partial charge in [-0.05, 0) is 53.4 Å². The molecule has 0 aromatic carbocycles. The van der Waals surface area contributed by atoms with Crippen LogP contribution in [0.15, 0.2) is 11.6 Å². The maximum atomic E-state index is 12.0. The number of allylic oxidation sites excluding steroid dienone is 1. The fourth-order valence-corrected chi connectivity index (χ4v) is 2.24. The van der Waals surface area contributed by atoms with Crippen molar-refractivity contribution in [2.45, 2.75) is 53.1 Å². The topological polar surface area (TPSA) is 55.8 Å². The summed E-state index contributed by atoms with van der Waals surface area (Å²) in [6.07, 6.45) is 3.39. The third-order valence-electron chi connectivity index (χ3n) is 3.27. The van der Waals surface area contributed by atoms with Crippen LogP contribution >= 0.6 is 0 Å². The number of hydrogen-bond donors (Lipinski definition) is 0. The molecule has 0 aromatic heterocycles. The van der Waals surface area contributed by atoms with Crippen molar-refractivity contribution in [3.8, 4) is 0 Å². The van der Waals surface area contributed by atoms with E-state index < -0.39 is 5.60 Å². The number of amides is 1. The van der Waals surface area contributed by atoms with Crippen molar-refractivity contribution >= 4 is 12.1 Å². The fourth-order valence-electron chi connectivity index (χ4n) is 2.24. The van der Waals surface area contributed by atoms with Gasteiger partial charge in [-0.1, -0.05) is 6.08 Å². The van der Waals surface area contributed by atoms with Gasteiger partial charge in [-0.15, -0.1) is 0 Å². The van der Waals surface area contributed by atoms with Crippen molar-refractivity contribution in [1.82, 2.24) is 4.90 Å². The Morgan fingerprint density at radius 1 is 1.24 bits per heavy atom. The van der Waals surface area contributed by atoms with Crippen LogP contribution in [0.3, 0.4) is 0 Å². The number of carbonyl (C=O) groups excluding carboxylic acids is 2. The summed E-state index contributed by atoms with van der Waals surface area (Å²) in [5.74, 6) is 0.0557.